The summed E-state index contributed by atoms with van der Waals surface area (Å²) in [5.74, 6) is 1.17. The van der Waals surface area contributed by atoms with Crippen molar-refractivity contribution in [2.24, 2.45) is 5.92 Å². The predicted octanol–water partition coefficient (Wildman–Crippen LogP) is 1.32. The van der Waals surface area contributed by atoms with Gasteiger partial charge < -0.3 is 14.2 Å². The number of likely N-dealkylation sites (tertiary alicyclic amines) is 1. The minimum atomic E-state index is -2.19. The number of nitrogens with zero attached hydrogens (tertiary/aromatic N) is 1. The van der Waals surface area contributed by atoms with Gasteiger partial charge in [0, 0.05) is 36.5 Å². The van der Waals surface area contributed by atoms with Gasteiger partial charge in [0.2, 0.25) is 0 Å². The van der Waals surface area contributed by atoms with Crippen molar-refractivity contribution in [1.82, 2.24) is 9.62 Å². The zero-order chi connectivity index (χ0) is 15.9. The molecule has 0 aromatic heterocycles. The van der Waals surface area contributed by atoms with E-state index in [0.29, 0.717) is 36.9 Å². The lowest BCUT2D eigenvalue weighted by atomic mass is 9.93. The molecule has 2 rings (SSSR count). The van der Waals surface area contributed by atoms with Crippen molar-refractivity contribution in [2.45, 2.75) is 19.3 Å². The third kappa shape index (κ3) is 4.79. The first-order valence-electron chi connectivity index (χ1n) is 7.36. The number of ether oxygens (including phenoxy) is 1. The smallest absolute Gasteiger partial charge is 0.253 e. The molecule has 1 aliphatic rings. The number of piperidine rings is 1. The van der Waals surface area contributed by atoms with Gasteiger partial charge in [-0.1, -0.05) is 6.07 Å². The molecule has 0 saturated carbocycles. The van der Waals surface area contributed by atoms with Gasteiger partial charge in [-0.15, -0.1) is 0 Å². The van der Waals surface area contributed by atoms with Crippen molar-refractivity contribution in [2.75, 3.05) is 26.7 Å². The third-order valence-corrected chi connectivity index (χ3v) is 4.43. The summed E-state index contributed by atoms with van der Waals surface area (Å²) in [7, 11) is 1.58. The number of rotatable bonds is 6. The molecule has 1 fully saturated rings. The highest BCUT2D eigenvalue weighted by Crippen LogP contribution is 2.22. The van der Waals surface area contributed by atoms with Crippen LogP contribution in [0.15, 0.2) is 24.3 Å². The number of carbonyl (C=O) groups excluding carboxylic acids is 1. The van der Waals surface area contributed by atoms with Crippen molar-refractivity contribution in [3.8, 4) is 5.75 Å². The van der Waals surface area contributed by atoms with Gasteiger partial charge in [-0.25, -0.2) is 4.72 Å². The van der Waals surface area contributed by atoms with Crippen LogP contribution in [-0.4, -0.2) is 46.3 Å². The molecule has 1 aromatic rings. The first-order chi connectivity index (χ1) is 10.6. The van der Waals surface area contributed by atoms with Crippen LogP contribution < -0.4 is 9.46 Å². The van der Waals surface area contributed by atoms with Crippen LogP contribution in [0.5, 0.6) is 5.75 Å². The maximum atomic E-state index is 12.5. The summed E-state index contributed by atoms with van der Waals surface area (Å²) < 4.78 is 28.4. The van der Waals surface area contributed by atoms with E-state index in [1.807, 2.05) is 17.0 Å². The summed E-state index contributed by atoms with van der Waals surface area (Å²) in [5.41, 5.74) is 0.640. The molecular weight excluding hydrogens is 304 g/mol. The molecule has 122 valence electrons. The van der Waals surface area contributed by atoms with Gasteiger partial charge in [0.05, 0.1) is 7.11 Å². The Morgan fingerprint density at radius 1 is 1.45 bits per heavy atom. The lowest BCUT2D eigenvalue weighted by Gasteiger charge is -2.32. The van der Waals surface area contributed by atoms with Gasteiger partial charge >= 0.3 is 0 Å². The number of carbonyl (C=O) groups is 1. The van der Waals surface area contributed by atoms with Crippen LogP contribution in [0.1, 0.15) is 29.6 Å². The minimum absolute atomic E-state index is 0.0242. The Morgan fingerprint density at radius 3 is 2.82 bits per heavy atom. The molecule has 1 aliphatic heterocycles. The molecule has 22 heavy (non-hydrogen) atoms. The average Bonchev–Trinajstić information content (AvgIpc) is 2.54. The molecule has 0 bridgehead atoms. The Hall–Kier alpha value is -1.44. The highest BCUT2D eigenvalue weighted by atomic mass is 32.2. The number of methoxy groups -OCH3 is 1. The molecule has 6 nitrogen and oxygen atoms in total. The van der Waals surface area contributed by atoms with E-state index in [1.54, 1.807) is 19.2 Å². The van der Waals surface area contributed by atoms with E-state index in [0.717, 1.165) is 19.3 Å². The highest BCUT2D eigenvalue weighted by molar-refractivity contribution is 7.77. The molecule has 1 aromatic carbocycles. The van der Waals surface area contributed by atoms with Crippen molar-refractivity contribution in [3.05, 3.63) is 29.8 Å². The summed E-state index contributed by atoms with van der Waals surface area (Å²) >= 11 is -2.19. The van der Waals surface area contributed by atoms with Crippen LogP contribution in [0.2, 0.25) is 0 Å². The van der Waals surface area contributed by atoms with E-state index in [9.17, 15) is 13.6 Å². The zero-order valence-electron chi connectivity index (χ0n) is 12.6. The van der Waals surface area contributed by atoms with E-state index < -0.39 is 11.3 Å². The van der Waals surface area contributed by atoms with Crippen LogP contribution in [0.25, 0.3) is 0 Å². The predicted molar refractivity (Wildman–Crippen MR) is 83.2 cm³/mol. The number of amides is 1. The molecule has 7 heteroatoms. The average molecular weight is 325 g/mol. The largest absolute Gasteiger partial charge is 0.760 e. The molecule has 1 saturated heterocycles. The second kappa shape index (κ2) is 8.26. The Kier molecular flexibility index (Phi) is 6.35. The molecule has 0 radical (unpaired) electrons. The Balaban J connectivity index is 1.83. The lowest BCUT2D eigenvalue weighted by molar-refractivity contribution is 0.0687. The van der Waals surface area contributed by atoms with E-state index in [-0.39, 0.29) is 5.91 Å². The van der Waals surface area contributed by atoms with Gasteiger partial charge in [0.15, 0.2) is 0 Å². The van der Waals surface area contributed by atoms with E-state index >= 15 is 0 Å². The van der Waals surface area contributed by atoms with Crippen LogP contribution >= 0.6 is 0 Å². The first kappa shape index (κ1) is 16.9. The lowest BCUT2D eigenvalue weighted by Crippen LogP contribution is -2.39. The number of hydrogen-bond acceptors (Lipinski definition) is 4. The standard InChI is InChI=1S/C15H22N2O4S/c1-21-14-4-2-3-13(11-14)15(18)17-9-6-12(7-10-17)5-8-16-22(19)20/h2-4,11-12,16H,5-10H2,1H3,(H,19,20)/p-1. The first-order valence-corrected chi connectivity index (χ1v) is 8.43. The summed E-state index contributed by atoms with van der Waals surface area (Å²) in [6.07, 6.45) is 2.63. The van der Waals surface area contributed by atoms with Crippen molar-refractivity contribution in [3.63, 3.8) is 0 Å². The fourth-order valence-corrected chi connectivity index (χ4v) is 2.99. The van der Waals surface area contributed by atoms with E-state index in [2.05, 4.69) is 4.72 Å². The maximum absolute atomic E-state index is 12.5. The van der Waals surface area contributed by atoms with Gasteiger partial charge in [-0.3, -0.25) is 9.00 Å². The Morgan fingerprint density at radius 2 is 2.18 bits per heavy atom. The molecule has 1 amide bonds. The quantitative estimate of drug-likeness (QED) is 0.800. The summed E-state index contributed by atoms with van der Waals surface area (Å²) in [6.45, 7) is 1.88. The molecule has 0 aliphatic carbocycles. The Labute approximate surface area is 133 Å². The molecular formula is C15H21N2O4S-. The van der Waals surface area contributed by atoms with Gasteiger partial charge in [-0.2, -0.15) is 0 Å². The van der Waals surface area contributed by atoms with E-state index in [1.165, 1.54) is 0 Å². The van der Waals surface area contributed by atoms with Gasteiger partial charge in [0.25, 0.3) is 5.91 Å². The molecule has 1 N–H and O–H groups in total. The van der Waals surface area contributed by atoms with Gasteiger partial charge in [-0.05, 0) is 43.4 Å². The topological polar surface area (TPSA) is 81.7 Å². The molecule has 1 heterocycles. The van der Waals surface area contributed by atoms with Crippen molar-refractivity contribution < 1.29 is 18.3 Å². The second-order valence-electron chi connectivity index (χ2n) is 5.39. The monoisotopic (exact) mass is 325 g/mol. The third-order valence-electron chi connectivity index (χ3n) is 3.99. The van der Waals surface area contributed by atoms with Crippen LogP contribution in [0, 0.1) is 5.92 Å². The fraction of sp³-hybridized carbons (Fsp3) is 0.533. The molecule has 1 unspecified atom stereocenters. The summed E-state index contributed by atoms with van der Waals surface area (Å²) in [4.78, 5) is 14.3. The number of benzene rings is 1. The van der Waals surface area contributed by atoms with E-state index in [4.69, 9.17) is 4.74 Å². The van der Waals surface area contributed by atoms with Crippen molar-refractivity contribution >= 4 is 17.2 Å². The number of hydrogen-bond donors (Lipinski definition) is 1. The minimum Gasteiger partial charge on any atom is -0.760 e. The second-order valence-corrected chi connectivity index (χ2v) is 6.14. The number of nitrogens with one attached hydrogen (secondary N) is 1. The molecule has 0 spiro atoms. The maximum Gasteiger partial charge on any atom is 0.253 e. The van der Waals surface area contributed by atoms with Gasteiger partial charge in [0.1, 0.15) is 5.75 Å². The van der Waals surface area contributed by atoms with Crippen molar-refractivity contribution in [1.29, 1.82) is 0 Å². The Bertz CT molecular complexity index is 530. The summed E-state index contributed by atoms with van der Waals surface area (Å²) in [6, 6.07) is 7.18. The SMILES string of the molecule is COc1cccc(C(=O)N2CCC(CCNS(=O)[O-])CC2)c1. The van der Waals surface area contributed by atoms with Crippen LogP contribution in [0.3, 0.4) is 0 Å². The summed E-state index contributed by atoms with van der Waals surface area (Å²) in [5, 5.41) is 0. The highest BCUT2D eigenvalue weighted by Gasteiger charge is 2.23. The molecule has 1 atom stereocenters. The normalized spacial score (nSPS) is 17.3. The van der Waals surface area contributed by atoms with Crippen LogP contribution in [0.4, 0.5) is 0 Å². The zero-order valence-corrected chi connectivity index (χ0v) is 13.4. The fourth-order valence-electron chi connectivity index (χ4n) is 2.71. The van der Waals surface area contributed by atoms with Crippen LogP contribution in [-0.2, 0) is 11.3 Å².